The molecule has 1 unspecified atom stereocenters. The first kappa shape index (κ1) is 21.5. The van der Waals surface area contributed by atoms with Crippen LogP contribution in [0, 0.1) is 5.92 Å². The highest BCUT2D eigenvalue weighted by atomic mass is 16.5. The largest absolute Gasteiger partial charge is 0.427 e. The molecule has 1 aromatic heterocycles. The molecule has 1 aliphatic carbocycles. The van der Waals surface area contributed by atoms with E-state index in [9.17, 15) is 4.79 Å². The molecular formula is C25H34N2O2. The Labute approximate surface area is 175 Å². The van der Waals surface area contributed by atoms with Crippen LogP contribution in [0.4, 0.5) is 0 Å². The predicted octanol–water partition coefficient (Wildman–Crippen LogP) is 6.31. The molecule has 0 aliphatic heterocycles. The van der Waals surface area contributed by atoms with Crippen molar-refractivity contribution in [3.63, 3.8) is 0 Å². The molecule has 0 N–H and O–H groups in total. The van der Waals surface area contributed by atoms with E-state index in [-0.39, 0.29) is 5.97 Å². The third kappa shape index (κ3) is 6.38. The Morgan fingerprint density at radius 1 is 1.07 bits per heavy atom. The number of nitrogens with zero attached hydrogens (tertiary/aromatic N) is 2. The molecule has 0 amide bonds. The molecule has 0 fully saturated rings. The number of carbonyl (C=O) groups excluding carboxylic acids is 1. The van der Waals surface area contributed by atoms with Gasteiger partial charge in [0.05, 0.1) is 0 Å². The van der Waals surface area contributed by atoms with Gasteiger partial charge < -0.3 is 4.74 Å². The van der Waals surface area contributed by atoms with E-state index in [1.54, 1.807) is 0 Å². The van der Waals surface area contributed by atoms with Crippen LogP contribution in [0.2, 0.25) is 0 Å². The van der Waals surface area contributed by atoms with Crippen LogP contribution in [0.15, 0.2) is 30.5 Å². The third-order valence-corrected chi connectivity index (χ3v) is 5.78. The molecule has 1 heterocycles. The molecule has 0 saturated heterocycles. The summed E-state index contributed by atoms with van der Waals surface area (Å²) in [5.74, 6) is 1.97. The Morgan fingerprint density at radius 3 is 2.62 bits per heavy atom. The number of aromatic nitrogens is 2. The van der Waals surface area contributed by atoms with Gasteiger partial charge in [0.15, 0.2) is 5.82 Å². The summed E-state index contributed by atoms with van der Waals surface area (Å²) in [7, 11) is 0. The van der Waals surface area contributed by atoms with E-state index in [4.69, 9.17) is 9.72 Å². The van der Waals surface area contributed by atoms with E-state index in [1.807, 2.05) is 30.5 Å². The number of esters is 1. The van der Waals surface area contributed by atoms with Crippen LogP contribution >= 0.6 is 0 Å². The van der Waals surface area contributed by atoms with Crippen molar-refractivity contribution in [1.82, 2.24) is 9.97 Å². The van der Waals surface area contributed by atoms with Crippen molar-refractivity contribution in [2.45, 2.75) is 84.5 Å². The number of hydrogen-bond acceptors (Lipinski definition) is 4. The second-order valence-corrected chi connectivity index (χ2v) is 8.23. The highest BCUT2D eigenvalue weighted by Gasteiger charge is 2.20. The number of hydrogen-bond donors (Lipinski definition) is 0. The lowest BCUT2D eigenvalue weighted by Crippen LogP contribution is -2.16. The highest BCUT2D eigenvalue weighted by Crippen LogP contribution is 2.28. The normalized spacial score (nSPS) is 15.7. The second kappa shape index (κ2) is 11.1. The van der Waals surface area contributed by atoms with Crippen molar-refractivity contribution >= 4 is 5.97 Å². The Balaban J connectivity index is 1.54. The first-order valence-electron chi connectivity index (χ1n) is 11.4. The number of ether oxygens (including phenoxy) is 1. The van der Waals surface area contributed by atoms with Gasteiger partial charge in [-0.1, -0.05) is 52.4 Å². The number of rotatable bonds is 10. The van der Waals surface area contributed by atoms with Crippen molar-refractivity contribution < 1.29 is 9.53 Å². The Bertz CT molecular complexity index is 786. The average molecular weight is 395 g/mol. The maximum atomic E-state index is 12.0. The minimum atomic E-state index is -0.152. The lowest BCUT2D eigenvalue weighted by Gasteiger charge is -2.23. The van der Waals surface area contributed by atoms with Crippen molar-refractivity contribution in [2.75, 3.05) is 0 Å². The van der Waals surface area contributed by atoms with Crippen LogP contribution in [0.3, 0.4) is 0 Å². The van der Waals surface area contributed by atoms with Gasteiger partial charge in [0.25, 0.3) is 0 Å². The molecule has 0 bridgehead atoms. The van der Waals surface area contributed by atoms with Gasteiger partial charge in [-0.05, 0) is 61.4 Å². The van der Waals surface area contributed by atoms with Crippen molar-refractivity contribution in [2.24, 2.45) is 5.92 Å². The summed E-state index contributed by atoms with van der Waals surface area (Å²) in [6.45, 7) is 4.44. The van der Waals surface area contributed by atoms with E-state index in [0.717, 1.165) is 43.0 Å². The monoisotopic (exact) mass is 394 g/mol. The van der Waals surface area contributed by atoms with E-state index in [0.29, 0.717) is 12.2 Å². The molecule has 1 atom stereocenters. The van der Waals surface area contributed by atoms with Crippen LogP contribution in [0.25, 0.3) is 11.4 Å². The van der Waals surface area contributed by atoms with Crippen molar-refractivity contribution in [1.29, 1.82) is 0 Å². The summed E-state index contributed by atoms with van der Waals surface area (Å²) in [6.07, 6.45) is 14.0. The first-order chi connectivity index (χ1) is 14.2. The molecule has 4 heteroatoms. The number of unbranched alkanes of at least 4 members (excludes halogenated alkanes) is 4. The van der Waals surface area contributed by atoms with Crippen molar-refractivity contribution in [3.8, 4) is 17.1 Å². The smallest absolute Gasteiger partial charge is 0.311 e. The van der Waals surface area contributed by atoms with Gasteiger partial charge in [-0.3, -0.25) is 4.79 Å². The van der Waals surface area contributed by atoms with Crippen LogP contribution < -0.4 is 4.74 Å². The van der Waals surface area contributed by atoms with Gasteiger partial charge in [-0.25, -0.2) is 9.97 Å². The summed E-state index contributed by atoms with van der Waals surface area (Å²) in [5.41, 5.74) is 3.46. The van der Waals surface area contributed by atoms with Crippen molar-refractivity contribution in [3.05, 3.63) is 41.7 Å². The van der Waals surface area contributed by atoms with E-state index in [2.05, 4.69) is 18.8 Å². The van der Waals surface area contributed by atoms with Crippen LogP contribution in [0.5, 0.6) is 5.75 Å². The van der Waals surface area contributed by atoms with Gasteiger partial charge in [-0.15, -0.1) is 0 Å². The van der Waals surface area contributed by atoms with Gasteiger partial charge in [0, 0.05) is 23.9 Å². The molecule has 3 rings (SSSR count). The molecule has 4 nitrogen and oxygen atoms in total. The van der Waals surface area contributed by atoms with Crippen LogP contribution in [0.1, 0.15) is 82.9 Å². The number of fused-ring (bicyclic) bond motifs is 1. The van der Waals surface area contributed by atoms with E-state index >= 15 is 0 Å². The fourth-order valence-corrected chi connectivity index (χ4v) is 4.10. The number of benzene rings is 1. The number of carbonyl (C=O) groups is 1. The molecule has 1 aliphatic rings. The molecule has 29 heavy (non-hydrogen) atoms. The topological polar surface area (TPSA) is 52.1 Å². The Morgan fingerprint density at radius 2 is 1.86 bits per heavy atom. The zero-order valence-corrected chi connectivity index (χ0v) is 18.0. The third-order valence-electron chi connectivity index (χ3n) is 5.78. The fourth-order valence-electron chi connectivity index (χ4n) is 4.10. The summed E-state index contributed by atoms with van der Waals surface area (Å²) < 4.78 is 5.46. The van der Waals surface area contributed by atoms with E-state index < -0.39 is 0 Å². The number of aryl methyl sites for hydroxylation is 1. The summed E-state index contributed by atoms with van der Waals surface area (Å²) in [6, 6.07) is 7.55. The highest BCUT2D eigenvalue weighted by molar-refractivity contribution is 5.72. The molecular weight excluding hydrogens is 360 g/mol. The maximum absolute atomic E-state index is 12.0. The standard InChI is InChI=1S/C25H34N2O2/c1-3-5-6-7-8-10-24(28)29-22-14-12-20(13-15-22)25-26-18-21-17-19(9-4-2)11-16-23(21)27-25/h12-15,18-19H,3-11,16-17H2,1-2H3. The van der Waals surface area contributed by atoms with Gasteiger partial charge >= 0.3 is 5.97 Å². The Hall–Kier alpha value is -2.23. The molecule has 156 valence electrons. The summed E-state index contributed by atoms with van der Waals surface area (Å²) in [4.78, 5) is 21.4. The average Bonchev–Trinajstić information content (AvgIpc) is 2.74. The minimum absolute atomic E-state index is 0.152. The first-order valence-corrected chi connectivity index (χ1v) is 11.4. The lowest BCUT2D eigenvalue weighted by molar-refractivity contribution is -0.134. The Kier molecular flexibility index (Phi) is 8.21. The van der Waals surface area contributed by atoms with Crippen LogP contribution in [-0.4, -0.2) is 15.9 Å². The summed E-state index contributed by atoms with van der Waals surface area (Å²) >= 11 is 0. The van der Waals surface area contributed by atoms with Crippen LogP contribution in [-0.2, 0) is 17.6 Å². The van der Waals surface area contributed by atoms with Gasteiger partial charge in [0.1, 0.15) is 5.75 Å². The second-order valence-electron chi connectivity index (χ2n) is 8.23. The summed E-state index contributed by atoms with van der Waals surface area (Å²) in [5, 5.41) is 0. The SMILES string of the molecule is CCCCCCCC(=O)Oc1ccc(-c2ncc3c(n2)CCC(CCC)C3)cc1. The molecule has 0 radical (unpaired) electrons. The molecule has 0 saturated carbocycles. The zero-order chi connectivity index (χ0) is 20.5. The zero-order valence-electron chi connectivity index (χ0n) is 18.0. The van der Waals surface area contributed by atoms with Gasteiger partial charge in [0.2, 0.25) is 0 Å². The maximum Gasteiger partial charge on any atom is 0.311 e. The minimum Gasteiger partial charge on any atom is -0.427 e. The quantitative estimate of drug-likeness (QED) is 0.269. The van der Waals surface area contributed by atoms with Gasteiger partial charge in [-0.2, -0.15) is 0 Å². The molecule has 1 aromatic carbocycles. The predicted molar refractivity (Wildman–Crippen MR) is 117 cm³/mol. The molecule has 2 aromatic rings. The fraction of sp³-hybridized carbons (Fsp3) is 0.560. The van der Waals surface area contributed by atoms with E-state index in [1.165, 1.54) is 49.8 Å². The lowest BCUT2D eigenvalue weighted by atomic mass is 9.84. The molecule has 0 spiro atoms.